The highest BCUT2D eigenvalue weighted by Crippen LogP contribution is 2.39. The van der Waals surface area contributed by atoms with Crippen molar-refractivity contribution in [2.24, 2.45) is 5.73 Å². The fraction of sp³-hybridized carbons (Fsp3) is 0.556. The van der Waals surface area contributed by atoms with E-state index in [0.717, 1.165) is 27.7 Å². The molecule has 2 rings (SSSR count). The first-order valence-electron chi connectivity index (χ1n) is 4.50. The van der Waals surface area contributed by atoms with Crippen molar-refractivity contribution in [1.29, 1.82) is 0 Å². The maximum Gasteiger partial charge on any atom is 0.107 e. The summed E-state index contributed by atoms with van der Waals surface area (Å²) < 4.78 is 7.88. The molecular formula is C9H11Br2NOS. The van der Waals surface area contributed by atoms with E-state index in [4.69, 9.17) is 10.5 Å². The summed E-state index contributed by atoms with van der Waals surface area (Å²) in [6.45, 7) is 0.825. The number of nitrogens with two attached hydrogens (primary N) is 1. The van der Waals surface area contributed by atoms with Crippen LogP contribution in [0, 0.1) is 0 Å². The molecule has 1 fully saturated rings. The monoisotopic (exact) mass is 339 g/mol. The van der Waals surface area contributed by atoms with E-state index in [-0.39, 0.29) is 12.1 Å². The number of ether oxygens (including phenoxy) is 1. The molecule has 78 valence electrons. The molecule has 2 nitrogen and oxygen atoms in total. The zero-order valence-electron chi connectivity index (χ0n) is 7.50. The van der Waals surface area contributed by atoms with Gasteiger partial charge in [-0.1, -0.05) is 0 Å². The fourth-order valence-electron chi connectivity index (χ4n) is 1.60. The Morgan fingerprint density at radius 2 is 2.29 bits per heavy atom. The Morgan fingerprint density at radius 1 is 1.50 bits per heavy atom. The summed E-state index contributed by atoms with van der Waals surface area (Å²) in [7, 11) is 0. The highest BCUT2D eigenvalue weighted by molar-refractivity contribution is 9.13. The van der Waals surface area contributed by atoms with Crippen molar-refractivity contribution in [1.82, 2.24) is 0 Å². The third-order valence-electron chi connectivity index (χ3n) is 2.31. The van der Waals surface area contributed by atoms with Crippen LogP contribution < -0.4 is 5.73 Å². The summed E-state index contributed by atoms with van der Waals surface area (Å²) in [6.07, 6.45) is 2.21. The van der Waals surface area contributed by atoms with E-state index in [1.54, 1.807) is 11.3 Å². The van der Waals surface area contributed by atoms with E-state index in [2.05, 4.69) is 37.9 Å². The lowest BCUT2D eigenvalue weighted by atomic mass is 10.0. The van der Waals surface area contributed by atoms with Gasteiger partial charge in [0.15, 0.2) is 0 Å². The predicted molar refractivity (Wildman–Crippen MR) is 65.6 cm³/mol. The summed E-state index contributed by atoms with van der Waals surface area (Å²) in [6, 6.07) is 2.23. The normalized spacial score (nSPS) is 27.9. The standard InChI is InChI=1S/C9H11Br2NOS/c10-5-4-7(14-9(5)11)8-6(12)2-1-3-13-8/h4,6,8H,1-3,12H2. The van der Waals surface area contributed by atoms with Gasteiger partial charge in [-0.05, 0) is 50.8 Å². The Bertz CT molecular complexity index is 309. The third kappa shape index (κ3) is 2.22. The quantitative estimate of drug-likeness (QED) is 0.849. The molecule has 0 amide bonds. The first-order valence-corrected chi connectivity index (χ1v) is 6.90. The molecule has 0 saturated carbocycles. The van der Waals surface area contributed by atoms with Gasteiger partial charge in [-0.15, -0.1) is 11.3 Å². The minimum absolute atomic E-state index is 0.0800. The van der Waals surface area contributed by atoms with Crippen LogP contribution in [0.2, 0.25) is 0 Å². The molecule has 0 radical (unpaired) electrons. The van der Waals surface area contributed by atoms with Crippen LogP contribution in [0.4, 0.5) is 0 Å². The average Bonchev–Trinajstić information content (AvgIpc) is 2.48. The molecule has 1 aromatic heterocycles. The number of thiophene rings is 1. The van der Waals surface area contributed by atoms with Crippen molar-refractivity contribution in [3.05, 3.63) is 19.2 Å². The molecule has 0 spiro atoms. The Labute approximate surface area is 104 Å². The molecular weight excluding hydrogens is 330 g/mol. The largest absolute Gasteiger partial charge is 0.371 e. The lowest BCUT2D eigenvalue weighted by Crippen LogP contribution is -2.33. The molecule has 2 heterocycles. The minimum Gasteiger partial charge on any atom is -0.371 e. The van der Waals surface area contributed by atoms with Crippen LogP contribution in [0.15, 0.2) is 14.3 Å². The van der Waals surface area contributed by atoms with Crippen LogP contribution in [0.5, 0.6) is 0 Å². The maximum absolute atomic E-state index is 6.02. The number of rotatable bonds is 1. The first-order chi connectivity index (χ1) is 6.68. The summed E-state index contributed by atoms with van der Waals surface area (Å²) in [4.78, 5) is 1.20. The second-order valence-electron chi connectivity index (χ2n) is 3.37. The molecule has 2 unspecified atom stereocenters. The molecule has 14 heavy (non-hydrogen) atoms. The van der Waals surface area contributed by atoms with Gasteiger partial charge in [0.1, 0.15) is 6.10 Å². The van der Waals surface area contributed by atoms with Gasteiger partial charge >= 0.3 is 0 Å². The van der Waals surface area contributed by atoms with Crippen LogP contribution >= 0.6 is 43.2 Å². The van der Waals surface area contributed by atoms with E-state index < -0.39 is 0 Å². The highest BCUT2D eigenvalue weighted by Gasteiger charge is 2.26. The predicted octanol–water partition coefficient (Wildman–Crippen LogP) is 3.45. The van der Waals surface area contributed by atoms with Crippen molar-refractivity contribution < 1.29 is 4.74 Å². The van der Waals surface area contributed by atoms with Gasteiger partial charge in [0.2, 0.25) is 0 Å². The first kappa shape index (κ1) is 11.1. The number of halogens is 2. The van der Waals surface area contributed by atoms with E-state index in [0.29, 0.717) is 0 Å². The van der Waals surface area contributed by atoms with Gasteiger partial charge in [0, 0.05) is 22.0 Å². The Morgan fingerprint density at radius 3 is 2.86 bits per heavy atom. The molecule has 2 atom stereocenters. The minimum atomic E-state index is 0.0800. The van der Waals surface area contributed by atoms with Gasteiger partial charge in [-0.2, -0.15) is 0 Å². The summed E-state index contributed by atoms with van der Waals surface area (Å²) in [5.41, 5.74) is 6.02. The summed E-state index contributed by atoms with van der Waals surface area (Å²) in [5.74, 6) is 0. The zero-order chi connectivity index (χ0) is 10.1. The molecule has 0 bridgehead atoms. The third-order valence-corrected chi connectivity index (χ3v) is 5.63. The van der Waals surface area contributed by atoms with Gasteiger partial charge in [0.05, 0.1) is 3.79 Å². The Hall–Kier alpha value is 0.580. The smallest absolute Gasteiger partial charge is 0.107 e. The molecule has 5 heteroatoms. The van der Waals surface area contributed by atoms with Crippen molar-refractivity contribution in [2.75, 3.05) is 6.61 Å². The molecule has 2 N–H and O–H groups in total. The fourth-order valence-corrected chi connectivity index (χ4v) is 3.82. The van der Waals surface area contributed by atoms with Gasteiger partial charge in [-0.3, -0.25) is 0 Å². The van der Waals surface area contributed by atoms with Gasteiger partial charge in [-0.25, -0.2) is 0 Å². The Kier molecular flexibility index (Phi) is 3.65. The molecule has 0 aromatic carbocycles. The van der Waals surface area contributed by atoms with Crippen molar-refractivity contribution in [3.8, 4) is 0 Å². The van der Waals surface area contributed by atoms with Crippen LogP contribution in [-0.2, 0) is 4.74 Å². The van der Waals surface area contributed by atoms with E-state index >= 15 is 0 Å². The molecule has 1 aliphatic heterocycles. The maximum atomic E-state index is 6.02. The lowest BCUT2D eigenvalue weighted by Gasteiger charge is -2.27. The van der Waals surface area contributed by atoms with Crippen molar-refractivity contribution in [3.63, 3.8) is 0 Å². The lowest BCUT2D eigenvalue weighted by molar-refractivity contribution is 0.00233. The number of hydrogen-bond donors (Lipinski definition) is 1. The van der Waals surface area contributed by atoms with Crippen LogP contribution in [0.3, 0.4) is 0 Å². The SMILES string of the molecule is NC1CCCOC1c1cc(Br)c(Br)s1. The topological polar surface area (TPSA) is 35.2 Å². The molecule has 1 saturated heterocycles. The van der Waals surface area contributed by atoms with Crippen molar-refractivity contribution in [2.45, 2.75) is 25.0 Å². The number of hydrogen-bond acceptors (Lipinski definition) is 3. The second kappa shape index (κ2) is 4.61. The summed E-state index contributed by atoms with van der Waals surface area (Å²) in [5, 5.41) is 0. The van der Waals surface area contributed by atoms with Crippen LogP contribution in [-0.4, -0.2) is 12.6 Å². The van der Waals surface area contributed by atoms with Crippen LogP contribution in [0.1, 0.15) is 23.8 Å². The van der Waals surface area contributed by atoms with Gasteiger partial charge in [0.25, 0.3) is 0 Å². The van der Waals surface area contributed by atoms with E-state index in [9.17, 15) is 0 Å². The van der Waals surface area contributed by atoms with E-state index in [1.165, 1.54) is 4.88 Å². The molecule has 0 aliphatic carbocycles. The average molecular weight is 341 g/mol. The van der Waals surface area contributed by atoms with E-state index in [1.807, 2.05) is 0 Å². The van der Waals surface area contributed by atoms with Crippen LogP contribution in [0.25, 0.3) is 0 Å². The molecule has 1 aliphatic rings. The molecule has 1 aromatic rings. The summed E-state index contributed by atoms with van der Waals surface area (Å²) >= 11 is 8.64. The highest BCUT2D eigenvalue weighted by atomic mass is 79.9. The second-order valence-corrected chi connectivity index (χ2v) is 6.62. The van der Waals surface area contributed by atoms with Gasteiger partial charge < -0.3 is 10.5 Å². The zero-order valence-corrected chi connectivity index (χ0v) is 11.5. The Balaban J connectivity index is 2.20. The van der Waals surface area contributed by atoms with Crippen molar-refractivity contribution >= 4 is 43.2 Å².